The van der Waals surface area contributed by atoms with Gasteiger partial charge in [0.25, 0.3) is 0 Å². The molecule has 2 aromatic rings. The third kappa shape index (κ3) is 21.4. The van der Waals surface area contributed by atoms with E-state index >= 15 is 0 Å². The number of aliphatic hydroxyl groups excluding tert-OH is 1. The number of hydrogen-bond donors (Lipinski definition) is 1. The molecule has 6 nitrogen and oxygen atoms in total. The number of ether oxygens (including phenoxy) is 4. The molecule has 0 spiro atoms. The first-order valence-electron chi connectivity index (χ1n) is 21.8. The maximum atomic E-state index is 13.3. The van der Waals surface area contributed by atoms with Crippen LogP contribution in [0.15, 0.2) is 42.5 Å². The first kappa shape index (κ1) is 46.0. The van der Waals surface area contributed by atoms with E-state index < -0.39 is 0 Å². The van der Waals surface area contributed by atoms with Crippen LogP contribution in [0.3, 0.4) is 0 Å². The van der Waals surface area contributed by atoms with Gasteiger partial charge < -0.3 is 24.1 Å². The zero-order valence-corrected chi connectivity index (χ0v) is 34.3. The second kappa shape index (κ2) is 31.2. The molecular weight excluding hydrogens is 661 g/mol. The Morgan fingerprint density at radius 2 is 0.830 bits per heavy atom. The van der Waals surface area contributed by atoms with Crippen molar-refractivity contribution in [2.45, 2.75) is 182 Å². The summed E-state index contributed by atoms with van der Waals surface area (Å²) < 4.78 is 25.1. The van der Waals surface area contributed by atoms with Crippen molar-refractivity contribution in [1.29, 1.82) is 0 Å². The minimum Gasteiger partial charge on any atom is -0.507 e. The predicted octanol–water partition coefficient (Wildman–Crippen LogP) is 14.4. The van der Waals surface area contributed by atoms with Gasteiger partial charge >= 0.3 is 0 Å². The van der Waals surface area contributed by atoms with Gasteiger partial charge in [-0.3, -0.25) is 4.79 Å². The molecule has 0 fully saturated rings. The quantitative estimate of drug-likeness (QED) is 0.0329. The van der Waals surface area contributed by atoms with Crippen molar-refractivity contribution in [3.05, 3.63) is 53.6 Å². The Balaban J connectivity index is 2.21. The SMILES string of the molecule is CCCCCCCCOc1ccc(C(=O)/C=C(\O)c2cc(OCCCCCCCC)c(OCCCCCCCC)c(OCCCCCCCC)c2)cc1. The summed E-state index contributed by atoms with van der Waals surface area (Å²) in [5.74, 6) is 2.04. The summed E-state index contributed by atoms with van der Waals surface area (Å²) in [5, 5.41) is 11.3. The van der Waals surface area contributed by atoms with Gasteiger partial charge in [0.1, 0.15) is 11.5 Å². The lowest BCUT2D eigenvalue weighted by Crippen LogP contribution is -2.07. The van der Waals surface area contributed by atoms with Crippen LogP contribution in [-0.2, 0) is 0 Å². The number of hydrogen-bond acceptors (Lipinski definition) is 6. The molecule has 0 heterocycles. The molecule has 0 aliphatic rings. The Hall–Kier alpha value is -3.15. The smallest absolute Gasteiger partial charge is 0.203 e. The van der Waals surface area contributed by atoms with Gasteiger partial charge in [0.2, 0.25) is 5.75 Å². The fraction of sp³-hybridized carbons (Fsp3) is 0.681. The molecule has 0 radical (unpaired) electrons. The van der Waals surface area contributed by atoms with Gasteiger partial charge in [0, 0.05) is 17.2 Å². The average Bonchev–Trinajstić information content (AvgIpc) is 3.17. The van der Waals surface area contributed by atoms with Crippen LogP contribution in [0.25, 0.3) is 5.76 Å². The lowest BCUT2D eigenvalue weighted by molar-refractivity contribution is 0.104. The highest BCUT2D eigenvalue weighted by Crippen LogP contribution is 2.41. The zero-order chi connectivity index (χ0) is 38.2. The van der Waals surface area contributed by atoms with Crippen LogP contribution in [0.1, 0.15) is 198 Å². The van der Waals surface area contributed by atoms with E-state index in [1.165, 1.54) is 115 Å². The summed E-state index contributed by atoms with van der Waals surface area (Å²) in [6, 6.07) is 10.8. The number of ketones is 1. The largest absolute Gasteiger partial charge is 0.507 e. The molecule has 0 atom stereocenters. The highest BCUT2D eigenvalue weighted by atomic mass is 16.5. The van der Waals surface area contributed by atoms with Crippen molar-refractivity contribution in [3.63, 3.8) is 0 Å². The van der Waals surface area contributed by atoms with E-state index in [1.807, 2.05) is 12.1 Å². The molecule has 0 aliphatic heterocycles. The van der Waals surface area contributed by atoms with Crippen LogP contribution < -0.4 is 18.9 Å². The molecular formula is C47H76O6. The van der Waals surface area contributed by atoms with Crippen molar-refractivity contribution in [2.24, 2.45) is 0 Å². The molecule has 6 heteroatoms. The minimum atomic E-state index is -0.280. The Morgan fingerprint density at radius 1 is 0.472 bits per heavy atom. The Kier molecular flexibility index (Phi) is 27.1. The topological polar surface area (TPSA) is 74.2 Å². The molecule has 53 heavy (non-hydrogen) atoms. The number of aliphatic hydroxyl groups is 1. The molecule has 0 saturated heterocycles. The van der Waals surface area contributed by atoms with Gasteiger partial charge in [-0.05, 0) is 62.1 Å². The van der Waals surface area contributed by atoms with Crippen molar-refractivity contribution in [2.75, 3.05) is 26.4 Å². The maximum absolute atomic E-state index is 13.3. The number of carbonyl (C=O) groups is 1. The lowest BCUT2D eigenvalue weighted by atomic mass is 10.1. The standard InChI is InChI=1S/C47H76O6/c1-5-9-13-17-21-25-33-50-42-31-29-40(30-32-42)43(48)39-44(49)41-37-45(51-34-26-22-18-14-10-6-2)47(53-36-28-24-20-16-12-8-4)46(38-41)52-35-27-23-19-15-11-7-3/h29-32,37-39,49H,5-28,33-36H2,1-4H3/b44-39-. The Morgan fingerprint density at radius 3 is 1.25 bits per heavy atom. The third-order valence-electron chi connectivity index (χ3n) is 9.75. The summed E-state index contributed by atoms with van der Waals surface area (Å²) in [7, 11) is 0. The average molecular weight is 737 g/mol. The second-order valence-corrected chi connectivity index (χ2v) is 14.7. The zero-order valence-electron chi connectivity index (χ0n) is 34.3. The van der Waals surface area contributed by atoms with Gasteiger partial charge in [-0.2, -0.15) is 0 Å². The summed E-state index contributed by atoms with van der Waals surface area (Å²) in [4.78, 5) is 13.3. The minimum absolute atomic E-state index is 0.130. The van der Waals surface area contributed by atoms with Crippen LogP contribution in [0.4, 0.5) is 0 Å². The van der Waals surface area contributed by atoms with E-state index in [9.17, 15) is 9.90 Å². The molecule has 1 N–H and O–H groups in total. The maximum Gasteiger partial charge on any atom is 0.203 e. The molecule has 2 aromatic carbocycles. The summed E-state index contributed by atoms with van der Waals surface area (Å²) >= 11 is 0. The highest BCUT2D eigenvalue weighted by molar-refractivity contribution is 6.07. The predicted molar refractivity (Wildman–Crippen MR) is 223 cm³/mol. The van der Waals surface area contributed by atoms with Gasteiger partial charge in [-0.1, -0.05) is 156 Å². The molecule has 0 aromatic heterocycles. The molecule has 0 amide bonds. The van der Waals surface area contributed by atoms with Crippen LogP contribution >= 0.6 is 0 Å². The fourth-order valence-corrected chi connectivity index (χ4v) is 6.35. The van der Waals surface area contributed by atoms with Gasteiger partial charge in [0.15, 0.2) is 17.3 Å². The lowest BCUT2D eigenvalue weighted by Gasteiger charge is -2.19. The van der Waals surface area contributed by atoms with Crippen LogP contribution in [-0.4, -0.2) is 37.3 Å². The summed E-state index contributed by atoms with van der Waals surface area (Å²) in [6.07, 6.45) is 29.6. The van der Waals surface area contributed by atoms with E-state index in [0.717, 1.165) is 50.7 Å². The van der Waals surface area contributed by atoms with Crippen molar-refractivity contribution >= 4 is 11.5 Å². The summed E-state index contributed by atoms with van der Waals surface area (Å²) in [6.45, 7) is 11.3. The third-order valence-corrected chi connectivity index (χ3v) is 9.75. The van der Waals surface area contributed by atoms with Gasteiger partial charge in [0.05, 0.1) is 26.4 Å². The number of allylic oxidation sites excluding steroid dienone is 1. The molecule has 0 unspecified atom stereocenters. The van der Waals surface area contributed by atoms with E-state index in [4.69, 9.17) is 18.9 Å². The van der Waals surface area contributed by atoms with E-state index in [-0.39, 0.29) is 11.5 Å². The van der Waals surface area contributed by atoms with Crippen molar-refractivity contribution < 1.29 is 28.8 Å². The fourth-order valence-electron chi connectivity index (χ4n) is 6.35. The second-order valence-electron chi connectivity index (χ2n) is 14.7. The van der Waals surface area contributed by atoms with Crippen LogP contribution in [0, 0.1) is 0 Å². The number of carbonyl (C=O) groups excluding carboxylic acids is 1. The van der Waals surface area contributed by atoms with Crippen molar-refractivity contribution in [3.8, 4) is 23.0 Å². The number of benzene rings is 2. The number of unbranched alkanes of at least 4 members (excludes halogenated alkanes) is 20. The Labute approximate surface area is 324 Å². The highest BCUT2D eigenvalue weighted by Gasteiger charge is 2.19. The van der Waals surface area contributed by atoms with Gasteiger partial charge in [-0.15, -0.1) is 0 Å². The summed E-state index contributed by atoms with van der Waals surface area (Å²) in [5.41, 5.74) is 0.960. The number of rotatable bonds is 35. The van der Waals surface area contributed by atoms with Gasteiger partial charge in [-0.25, -0.2) is 0 Å². The normalized spacial score (nSPS) is 11.5. The van der Waals surface area contributed by atoms with Crippen molar-refractivity contribution in [1.82, 2.24) is 0 Å². The molecule has 0 aliphatic carbocycles. The van der Waals surface area contributed by atoms with E-state index in [1.54, 1.807) is 24.3 Å². The Bertz CT molecular complexity index is 1180. The molecule has 2 rings (SSSR count). The van der Waals surface area contributed by atoms with Crippen LogP contribution in [0.5, 0.6) is 23.0 Å². The monoisotopic (exact) mass is 737 g/mol. The van der Waals surface area contributed by atoms with E-state index in [2.05, 4.69) is 27.7 Å². The molecule has 300 valence electrons. The first-order valence-corrected chi connectivity index (χ1v) is 21.8. The first-order chi connectivity index (χ1) is 26.0. The molecule has 0 saturated carbocycles. The molecule has 0 bridgehead atoms. The van der Waals surface area contributed by atoms with Crippen LogP contribution in [0.2, 0.25) is 0 Å². The van der Waals surface area contributed by atoms with E-state index in [0.29, 0.717) is 54.8 Å².